The molecule has 1 heterocycles. The first kappa shape index (κ1) is 10.1. The van der Waals surface area contributed by atoms with Crippen LogP contribution in [0.25, 0.3) is 0 Å². The number of aliphatic hydroxyl groups is 1. The van der Waals surface area contributed by atoms with Crippen molar-refractivity contribution < 1.29 is 5.11 Å². The smallest absolute Gasteiger partial charge is 0.0512 e. The van der Waals surface area contributed by atoms with Crippen LogP contribution in [0.1, 0.15) is 31.2 Å². The molecule has 2 heteroatoms. The molecule has 1 N–H and O–H groups in total. The second-order valence-electron chi connectivity index (χ2n) is 3.97. The van der Waals surface area contributed by atoms with E-state index in [1.807, 2.05) is 18.7 Å². The Hall–Kier alpha value is -0.470. The zero-order chi connectivity index (χ0) is 9.97. The summed E-state index contributed by atoms with van der Waals surface area (Å²) in [6, 6.07) is 8.63. The van der Waals surface area contributed by atoms with Gasteiger partial charge in [-0.3, -0.25) is 0 Å². The van der Waals surface area contributed by atoms with Gasteiger partial charge in [0.2, 0.25) is 0 Å². The van der Waals surface area contributed by atoms with E-state index in [1.54, 1.807) is 0 Å². The standard InChI is InChI=1S/C12H16OS/c1-9(13)6-7-10-8-14-12-5-3-2-4-11(10)12/h2-5,9-10,13H,6-8H2,1H3. The van der Waals surface area contributed by atoms with Crippen LogP contribution >= 0.6 is 11.8 Å². The van der Waals surface area contributed by atoms with Crippen molar-refractivity contribution in [3.63, 3.8) is 0 Å². The maximum atomic E-state index is 9.25. The molecule has 2 rings (SSSR count). The summed E-state index contributed by atoms with van der Waals surface area (Å²) in [6.45, 7) is 1.87. The topological polar surface area (TPSA) is 20.2 Å². The Kier molecular flexibility index (Phi) is 3.14. The molecular formula is C12H16OS. The molecular weight excluding hydrogens is 192 g/mol. The fourth-order valence-corrected chi connectivity index (χ4v) is 3.21. The maximum Gasteiger partial charge on any atom is 0.0512 e. The molecule has 0 saturated carbocycles. The van der Waals surface area contributed by atoms with E-state index < -0.39 is 0 Å². The van der Waals surface area contributed by atoms with E-state index in [4.69, 9.17) is 0 Å². The number of hydrogen-bond donors (Lipinski definition) is 1. The number of benzene rings is 1. The third kappa shape index (κ3) is 2.12. The second kappa shape index (κ2) is 4.37. The van der Waals surface area contributed by atoms with Crippen LogP contribution in [0.5, 0.6) is 0 Å². The molecule has 1 aromatic carbocycles. The quantitative estimate of drug-likeness (QED) is 0.824. The van der Waals surface area contributed by atoms with Gasteiger partial charge in [0, 0.05) is 10.6 Å². The lowest BCUT2D eigenvalue weighted by atomic mass is 9.95. The molecule has 0 aliphatic carbocycles. The Morgan fingerprint density at radius 1 is 1.50 bits per heavy atom. The van der Waals surface area contributed by atoms with E-state index in [2.05, 4.69) is 24.3 Å². The van der Waals surface area contributed by atoms with Crippen LogP contribution < -0.4 is 0 Å². The summed E-state index contributed by atoms with van der Waals surface area (Å²) in [6.07, 6.45) is 1.87. The van der Waals surface area contributed by atoms with Gasteiger partial charge in [0.25, 0.3) is 0 Å². The molecule has 0 bridgehead atoms. The van der Waals surface area contributed by atoms with E-state index in [0.717, 1.165) is 12.8 Å². The fourth-order valence-electron chi connectivity index (χ4n) is 1.91. The molecule has 2 atom stereocenters. The van der Waals surface area contributed by atoms with Gasteiger partial charge in [-0.05, 0) is 37.3 Å². The third-order valence-electron chi connectivity index (χ3n) is 2.73. The Bertz CT molecular complexity index is 309. The molecule has 0 fully saturated rings. The molecule has 14 heavy (non-hydrogen) atoms. The normalized spacial score (nSPS) is 22.0. The summed E-state index contributed by atoms with van der Waals surface area (Å²) in [5, 5.41) is 9.25. The predicted molar refractivity (Wildman–Crippen MR) is 60.8 cm³/mol. The molecule has 2 unspecified atom stereocenters. The Balaban J connectivity index is 2.03. The van der Waals surface area contributed by atoms with Gasteiger partial charge >= 0.3 is 0 Å². The van der Waals surface area contributed by atoms with Gasteiger partial charge in [-0.2, -0.15) is 0 Å². The van der Waals surface area contributed by atoms with Crippen molar-refractivity contribution in [1.29, 1.82) is 0 Å². The van der Waals surface area contributed by atoms with Crippen LogP contribution in [0.15, 0.2) is 29.2 Å². The molecule has 0 aromatic heterocycles. The van der Waals surface area contributed by atoms with Gasteiger partial charge in [0.1, 0.15) is 0 Å². The molecule has 76 valence electrons. The highest BCUT2D eigenvalue weighted by molar-refractivity contribution is 7.99. The molecule has 1 aliphatic heterocycles. The maximum absolute atomic E-state index is 9.25. The molecule has 0 spiro atoms. The third-order valence-corrected chi connectivity index (χ3v) is 3.98. The lowest BCUT2D eigenvalue weighted by Crippen LogP contribution is -2.04. The highest BCUT2D eigenvalue weighted by Crippen LogP contribution is 2.41. The average molecular weight is 208 g/mol. The van der Waals surface area contributed by atoms with E-state index in [1.165, 1.54) is 16.2 Å². The molecule has 0 saturated heterocycles. The first-order valence-corrected chi connectivity index (χ1v) is 6.15. The second-order valence-corrected chi connectivity index (χ2v) is 5.03. The molecule has 0 amide bonds. The number of hydrogen-bond acceptors (Lipinski definition) is 2. The van der Waals surface area contributed by atoms with E-state index >= 15 is 0 Å². The lowest BCUT2D eigenvalue weighted by molar-refractivity contribution is 0.179. The van der Waals surface area contributed by atoms with Crippen molar-refractivity contribution in [2.45, 2.75) is 36.7 Å². The zero-order valence-corrected chi connectivity index (χ0v) is 9.26. The number of thioether (sulfide) groups is 1. The molecule has 1 aliphatic rings. The number of rotatable bonds is 3. The summed E-state index contributed by atoms with van der Waals surface area (Å²) in [4.78, 5) is 1.43. The minimum absolute atomic E-state index is 0.159. The summed E-state index contributed by atoms with van der Waals surface area (Å²) in [5.74, 6) is 1.84. The van der Waals surface area contributed by atoms with Crippen LogP contribution in [0.4, 0.5) is 0 Å². The average Bonchev–Trinajstić information content (AvgIpc) is 2.58. The lowest BCUT2D eigenvalue weighted by Gasteiger charge is -2.11. The van der Waals surface area contributed by atoms with Gasteiger partial charge in [-0.1, -0.05) is 18.2 Å². The summed E-state index contributed by atoms with van der Waals surface area (Å²) < 4.78 is 0. The van der Waals surface area contributed by atoms with Gasteiger partial charge in [-0.15, -0.1) is 11.8 Å². The highest BCUT2D eigenvalue weighted by atomic mass is 32.2. The van der Waals surface area contributed by atoms with Crippen LogP contribution in [0, 0.1) is 0 Å². The number of aliphatic hydroxyl groups excluding tert-OH is 1. The van der Waals surface area contributed by atoms with Crippen molar-refractivity contribution >= 4 is 11.8 Å². The Morgan fingerprint density at radius 2 is 2.29 bits per heavy atom. The summed E-state index contributed by atoms with van der Waals surface area (Å²) >= 11 is 1.95. The first-order chi connectivity index (χ1) is 6.77. The highest BCUT2D eigenvalue weighted by Gasteiger charge is 2.22. The molecule has 1 nitrogen and oxygen atoms in total. The molecule has 1 aromatic rings. The van der Waals surface area contributed by atoms with E-state index in [9.17, 15) is 5.11 Å². The monoisotopic (exact) mass is 208 g/mol. The zero-order valence-electron chi connectivity index (χ0n) is 8.44. The van der Waals surface area contributed by atoms with Crippen molar-refractivity contribution in [2.24, 2.45) is 0 Å². The Labute approximate surface area is 89.5 Å². The SMILES string of the molecule is CC(O)CCC1CSc2ccccc21. The number of fused-ring (bicyclic) bond motifs is 1. The van der Waals surface area contributed by atoms with Crippen molar-refractivity contribution in [3.05, 3.63) is 29.8 Å². The summed E-state index contributed by atoms with van der Waals surface area (Å²) in [5.41, 5.74) is 1.48. The van der Waals surface area contributed by atoms with Gasteiger partial charge in [0.15, 0.2) is 0 Å². The minimum atomic E-state index is -0.159. The largest absolute Gasteiger partial charge is 0.393 e. The van der Waals surface area contributed by atoms with Gasteiger partial charge in [0.05, 0.1) is 6.10 Å². The first-order valence-electron chi connectivity index (χ1n) is 5.17. The van der Waals surface area contributed by atoms with Crippen LogP contribution in [-0.2, 0) is 0 Å². The fraction of sp³-hybridized carbons (Fsp3) is 0.500. The Morgan fingerprint density at radius 3 is 3.07 bits per heavy atom. The van der Waals surface area contributed by atoms with Crippen molar-refractivity contribution in [1.82, 2.24) is 0 Å². The summed E-state index contributed by atoms with van der Waals surface area (Å²) in [7, 11) is 0. The van der Waals surface area contributed by atoms with E-state index in [-0.39, 0.29) is 6.10 Å². The van der Waals surface area contributed by atoms with Crippen LogP contribution in [-0.4, -0.2) is 17.0 Å². The van der Waals surface area contributed by atoms with Crippen molar-refractivity contribution in [3.8, 4) is 0 Å². The van der Waals surface area contributed by atoms with E-state index in [0.29, 0.717) is 5.92 Å². The van der Waals surface area contributed by atoms with Gasteiger partial charge < -0.3 is 5.11 Å². The molecule has 0 radical (unpaired) electrons. The predicted octanol–water partition coefficient (Wildman–Crippen LogP) is 3.04. The van der Waals surface area contributed by atoms with Gasteiger partial charge in [-0.25, -0.2) is 0 Å². The van der Waals surface area contributed by atoms with Crippen LogP contribution in [0.2, 0.25) is 0 Å². The minimum Gasteiger partial charge on any atom is -0.393 e. The van der Waals surface area contributed by atoms with Crippen LogP contribution in [0.3, 0.4) is 0 Å². The van der Waals surface area contributed by atoms with Crippen molar-refractivity contribution in [2.75, 3.05) is 5.75 Å².